The predicted octanol–water partition coefficient (Wildman–Crippen LogP) is 4.78. The van der Waals surface area contributed by atoms with Crippen molar-refractivity contribution >= 4 is 45.9 Å². The molecule has 0 radical (unpaired) electrons. The molecule has 2 aromatic heterocycles. The van der Waals surface area contributed by atoms with Crippen molar-refractivity contribution in [1.82, 2.24) is 0 Å². The van der Waals surface area contributed by atoms with Crippen LogP contribution in [0.2, 0.25) is 8.67 Å². The average molecular weight is 235 g/mol. The smallest absolute Gasteiger partial charge is 0.0935 e. The Bertz CT molecular complexity index is 351. The van der Waals surface area contributed by atoms with Crippen molar-refractivity contribution in [3.8, 4) is 9.75 Å². The van der Waals surface area contributed by atoms with Gasteiger partial charge in [0.15, 0.2) is 0 Å². The van der Waals surface area contributed by atoms with E-state index in [1.807, 2.05) is 24.3 Å². The van der Waals surface area contributed by atoms with Gasteiger partial charge >= 0.3 is 0 Å². The van der Waals surface area contributed by atoms with Gasteiger partial charge in [0, 0.05) is 9.75 Å². The Morgan fingerprint density at radius 2 is 1.17 bits per heavy atom. The lowest BCUT2D eigenvalue weighted by atomic mass is 10.4. The normalized spacial score (nSPS) is 10.5. The second kappa shape index (κ2) is 3.38. The summed E-state index contributed by atoms with van der Waals surface area (Å²) >= 11 is 14.8. The zero-order valence-corrected chi connectivity index (χ0v) is 9.03. The van der Waals surface area contributed by atoms with E-state index >= 15 is 0 Å². The van der Waals surface area contributed by atoms with Crippen molar-refractivity contribution in [2.24, 2.45) is 0 Å². The molecule has 0 aliphatic carbocycles. The van der Waals surface area contributed by atoms with Crippen LogP contribution in [0.15, 0.2) is 24.3 Å². The molecular formula is C8H4Cl2S2. The fourth-order valence-corrected chi connectivity index (χ4v) is 3.07. The molecule has 12 heavy (non-hydrogen) atoms. The van der Waals surface area contributed by atoms with Gasteiger partial charge in [0.2, 0.25) is 0 Å². The van der Waals surface area contributed by atoms with Gasteiger partial charge in [-0.25, -0.2) is 0 Å². The lowest BCUT2D eigenvalue weighted by molar-refractivity contribution is 1.93. The fourth-order valence-electron chi connectivity index (χ4n) is 0.893. The maximum absolute atomic E-state index is 5.81. The van der Waals surface area contributed by atoms with E-state index in [4.69, 9.17) is 23.2 Å². The van der Waals surface area contributed by atoms with Crippen molar-refractivity contribution in [3.05, 3.63) is 32.9 Å². The van der Waals surface area contributed by atoms with Crippen LogP contribution in [0.25, 0.3) is 9.75 Å². The number of hydrogen-bond donors (Lipinski definition) is 0. The maximum atomic E-state index is 5.81. The highest BCUT2D eigenvalue weighted by atomic mass is 35.5. The van der Waals surface area contributed by atoms with E-state index in [0.29, 0.717) is 0 Å². The van der Waals surface area contributed by atoms with E-state index in [1.54, 1.807) is 22.7 Å². The SMILES string of the molecule is Clc1ccc(-c2ccc(Cl)s2)s1. The minimum absolute atomic E-state index is 0.814. The number of thiophene rings is 2. The second-order valence-electron chi connectivity index (χ2n) is 2.21. The highest BCUT2D eigenvalue weighted by molar-refractivity contribution is 7.25. The third-order valence-electron chi connectivity index (χ3n) is 1.39. The van der Waals surface area contributed by atoms with Gasteiger partial charge in [-0.1, -0.05) is 23.2 Å². The van der Waals surface area contributed by atoms with Gasteiger partial charge in [0.25, 0.3) is 0 Å². The first-order chi connectivity index (χ1) is 5.75. The molecule has 0 saturated heterocycles. The Hall–Kier alpha value is -0.0200. The van der Waals surface area contributed by atoms with Crippen molar-refractivity contribution in [1.29, 1.82) is 0 Å². The van der Waals surface area contributed by atoms with Crippen LogP contribution in [0.1, 0.15) is 0 Å². The second-order valence-corrected chi connectivity index (χ2v) is 5.64. The zero-order valence-electron chi connectivity index (χ0n) is 5.88. The molecular weight excluding hydrogens is 231 g/mol. The van der Waals surface area contributed by atoms with Gasteiger partial charge in [-0.2, -0.15) is 0 Å². The van der Waals surface area contributed by atoms with Crippen LogP contribution in [-0.2, 0) is 0 Å². The molecule has 0 spiro atoms. The molecule has 0 saturated carbocycles. The standard InChI is InChI=1S/C8H4Cl2S2/c9-7-3-1-5(11-7)6-2-4-8(10)12-6/h1-4H. The monoisotopic (exact) mass is 234 g/mol. The lowest BCUT2D eigenvalue weighted by Gasteiger charge is -1.86. The Balaban J connectivity index is 2.43. The summed E-state index contributed by atoms with van der Waals surface area (Å²) in [7, 11) is 0. The van der Waals surface area contributed by atoms with Gasteiger partial charge in [-0.3, -0.25) is 0 Å². The largest absolute Gasteiger partial charge is 0.123 e. The molecule has 0 aliphatic heterocycles. The van der Waals surface area contributed by atoms with E-state index in [0.717, 1.165) is 8.67 Å². The molecule has 0 amide bonds. The van der Waals surface area contributed by atoms with Gasteiger partial charge in [0.1, 0.15) is 0 Å². The topological polar surface area (TPSA) is 0 Å². The van der Waals surface area contributed by atoms with Gasteiger partial charge in [0.05, 0.1) is 8.67 Å². The average Bonchev–Trinajstić information content (AvgIpc) is 2.58. The van der Waals surface area contributed by atoms with Crippen molar-refractivity contribution < 1.29 is 0 Å². The van der Waals surface area contributed by atoms with Crippen LogP contribution >= 0.6 is 45.9 Å². The number of rotatable bonds is 1. The molecule has 2 rings (SSSR count). The Morgan fingerprint density at radius 1 is 0.750 bits per heavy atom. The van der Waals surface area contributed by atoms with E-state index < -0.39 is 0 Å². The first-order valence-electron chi connectivity index (χ1n) is 3.27. The van der Waals surface area contributed by atoms with Crippen LogP contribution in [0.3, 0.4) is 0 Å². The molecule has 0 N–H and O–H groups in total. The number of halogens is 2. The molecule has 0 unspecified atom stereocenters. The summed E-state index contributed by atoms with van der Waals surface area (Å²) in [4.78, 5) is 2.36. The third kappa shape index (κ3) is 1.67. The lowest BCUT2D eigenvalue weighted by Crippen LogP contribution is -1.55. The first kappa shape index (κ1) is 8.57. The number of hydrogen-bond acceptors (Lipinski definition) is 2. The fraction of sp³-hybridized carbons (Fsp3) is 0. The Kier molecular flexibility index (Phi) is 2.42. The molecule has 62 valence electrons. The molecule has 0 bridgehead atoms. The predicted molar refractivity (Wildman–Crippen MR) is 57.7 cm³/mol. The Morgan fingerprint density at radius 3 is 1.42 bits per heavy atom. The third-order valence-corrected chi connectivity index (χ3v) is 4.05. The zero-order chi connectivity index (χ0) is 8.55. The summed E-state index contributed by atoms with van der Waals surface area (Å²) in [5.74, 6) is 0. The highest BCUT2D eigenvalue weighted by Gasteiger charge is 2.03. The van der Waals surface area contributed by atoms with Gasteiger partial charge in [-0.15, -0.1) is 22.7 Å². The van der Waals surface area contributed by atoms with Crippen molar-refractivity contribution in [2.45, 2.75) is 0 Å². The van der Waals surface area contributed by atoms with E-state index in [2.05, 4.69) is 0 Å². The summed E-state index contributed by atoms with van der Waals surface area (Å²) in [5, 5.41) is 0. The molecule has 0 fully saturated rings. The molecule has 0 nitrogen and oxygen atoms in total. The quantitative estimate of drug-likeness (QED) is 0.667. The maximum Gasteiger partial charge on any atom is 0.0935 e. The summed E-state index contributed by atoms with van der Waals surface area (Å²) in [6.45, 7) is 0. The Labute approximate surface area is 88.4 Å². The van der Waals surface area contributed by atoms with Crippen LogP contribution < -0.4 is 0 Å². The summed E-state index contributed by atoms with van der Waals surface area (Å²) < 4.78 is 1.63. The van der Waals surface area contributed by atoms with E-state index in [9.17, 15) is 0 Å². The molecule has 0 aromatic carbocycles. The van der Waals surface area contributed by atoms with Gasteiger partial charge < -0.3 is 0 Å². The van der Waals surface area contributed by atoms with Crippen LogP contribution in [0, 0.1) is 0 Å². The van der Waals surface area contributed by atoms with Crippen LogP contribution in [0.4, 0.5) is 0 Å². The minimum atomic E-state index is 0.814. The van der Waals surface area contributed by atoms with E-state index in [-0.39, 0.29) is 0 Å². The molecule has 2 heterocycles. The molecule has 2 aromatic rings. The van der Waals surface area contributed by atoms with Crippen molar-refractivity contribution in [3.63, 3.8) is 0 Å². The molecule has 0 aliphatic rings. The summed E-state index contributed by atoms with van der Waals surface area (Å²) in [5.41, 5.74) is 0. The van der Waals surface area contributed by atoms with Crippen LogP contribution in [0.5, 0.6) is 0 Å². The van der Waals surface area contributed by atoms with Crippen molar-refractivity contribution in [2.75, 3.05) is 0 Å². The molecule has 4 heteroatoms. The first-order valence-corrected chi connectivity index (χ1v) is 5.65. The van der Waals surface area contributed by atoms with E-state index in [1.165, 1.54) is 9.75 Å². The summed E-state index contributed by atoms with van der Waals surface area (Å²) in [6, 6.07) is 7.81. The molecule has 0 atom stereocenters. The van der Waals surface area contributed by atoms with Crippen LogP contribution in [-0.4, -0.2) is 0 Å². The highest BCUT2D eigenvalue weighted by Crippen LogP contribution is 2.36. The summed E-state index contributed by atoms with van der Waals surface area (Å²) in [6.07, 6.45) is 0. The minimum Gasteiger partial charge on any atom is -0.123 e. The van der Waals surface area contributed by atoms with Gasteiger partial charge in [-0.05, 0) is 24.3 Å².